The summed E-state index contributed by atoms with van der Waals surface area (Å²) in [6, 6.07) is 13.6. The van der Waals surface area contributed by atoms with Gasteiger partial charge in [-0.3, -0.25) is 9.59 Å². The predicted molar refractivity (Wildman–Crippen MR) is 81.4 cm³/mol. The van der Waals surface area contributed by atoms with Gasteiger partial charge >= 0.3 is 0 Å². The fraction of sp³-hybridized carbons (Fsp3) is 0. The predicted octanol–water partition coefficient (Wildman–Crippen LogP) is 4.62. The van der Waals surface area contributed by atoms with Gasteiger partial charge in [0.05, 0.1) is 0 Å². The van der Waals surface area contributed by atoms with Crippen LogP contribution in [0.5, 0.6) is 0 Å². The van der Waals surface area contributed by atoms with Gasteiger partial charge < -0.3 is 0 Å². The van der Waals surface area contributed by atoms with E-state index in [4.69, 9.17) is 23.2 Å². The number of rotatable bonds is 4. The highest BCUT2D eigenvalue weighted by Gasteiger charge is 2.08. The number of benzene rings is 2. The fourth-order valence-corrected chi connectivity index (χ4v) is 2.04. The van der Waals surface area contributed by atoms with Gasteiger partial charge in [0.1, 0.15) is 0 Å². The highest BCUT2D eigenvalue weighted by Crippen LogP contribution is 2.19. The summed E-state index contributed by atoms with van der Waals surface area (Å²) < 4.78 is 0. The molecule has 0 aromatic heterocycles. The van der Waals surface area contributed by atoms with Gasteiger partial charge in [0.2, 0.25) is 0 Å². The molecule has 0 aliphatic heterocycles. The second-order valence-corrected chi connectivity index (χ2v) is 4.85. The number of hydrogen-bond donors (Lipinski definition) is 0. The molecule has 0 aliphatic rings. The molecular formula is C16H10Cl2O2. The third-order valence-electron chi connectivity index (χ3n) is 2.70. The molecule has 2 rings (SSSR count). The summed E-state index contributed by atoms with van der Waals surface area (Å²) in [6.45, 7) is 0. The summed E-state index contributed by atoms with van der Waals surface area (Å²) in [5, 5.41) is -0.195. The average molecular weight is 305 g/mol. The summed E-state index contributed by atoms with van der Waals surface area (Å²) >= 11 is 11.3. The molecule has 4 heteroatoms. The van der Waals surface area contributed by atoms with Gasteiger partial charge in [-0.05, 0) is 35.4 Å². The Balaban J connectivity index is 2.28. The Bertz CT molecular complexity index is 676. The minimum absolute atomic E-state index is 0.145. The molecule has 0 bridgehead atoms. The van der Waals surface area contributed by atoms with Gasteiger partial charge in [-0.15, -0.1) is 0 Å². The molecule has 0 amide bonds. The standard InChI is InChI=1S/C16H10Cl2O2/c17-13-8-6-11(14(10-13)16(18)20)7-9-15(19)12-4-2-1-3-5-12/h1-10H. The molecule has 0 saturated carbocycles. The Kier molecular flexibility index (Phi) is 4.72. The minimum atomic E-state index is -0.612. The third-order valence-corrected chi connectivity index (χ3v) is 3.14. The van der Waals surface area contributed by atoms with E-state index in [1.165, 1.54) is 12.1 Å². The van der Waals surface area contributed by atoms with Crippen LogP contribution in [0.25, 0.3) is 6.08 Å². The Morgan fingerprint density at radius 2 is 1.70 bits per heavy atom. The maximum atomic E-state index is 11.9. The van der Waals surface area contributed by atoms with Crippen LogP contribution in [0.1, 0.15) is 26.3 Å². The average Bonchev–Trinajstić information content (AvgIpc) is 2.46. The Labute approximate surface area is 126 Å². The van der Waals surface area contributed by atoms with Crippen molar-refractivity contribution in [3.8, 4) is 0 Å². The SMILES string of the molecule is O=C(C=Cc1ccc(Cl)cc1C(=O)Cl)c1ccccc1. The number of carbonyl (C=O) groups is 2. The summed E-state index contributed by atoms with van der Waals surface area (Å²) in [6.07, 6.45) is 2.96. The molecule has 100 valence electrons. The number of halogens is 2. The van der Waals surface area contributed by atoms with Crippen LogP contribution in [0, 0.1) is 0 Å². The van der Waals surface area contributed by atoms with Gasteiger partial charge in [-0.2, -0.15) is 0 Å². The first-order chi connectivity index (χ1) is 9.58. The molecule has 20 heavy (non-hydrogen) atoms. The molecule has 0 saturated heterocycles. The van der Waals surface area contributed by atoms with E-state index in [9.17, 15) is 9.59 Å². The first-order valence-corrected chi connectivity index (χ1v) is 6.60. The highest BCUT2D eigenvalue weighted by molar-refractivity contribution is 6.68. The summed E-state index contributed by atoms with van der Waals surface area (Å²) in [4.78, 5) is 23.3. The molecule has 2 aromatic carbocycles. The van der Waals surface area contributed by atoms with Crippen LogP contribution < -0.4 is 0 Å². The lowest BCUT2D eigenvalue weighted by Crippen LogP contribution is -1.96. The van der Waals surface area contributed by atoms with E-state index in [0.29, 0.717) is 16.1 Å². The molecule has 2 nitrogen and oxygen atoms in total. The van der Waals surface area contributed by atoms with E-state index < -0.39 is 5.24 Å². The Hall–Kier alpha value is -1.90. The third kappa shape index (κ3) is 3.56. The lowest BCUT2D eigenvalue weighted by molar-refractivity contribution is 0.104. The zero-order valence-corrected chi connectivity index (χ0v) is 11.9. The molecule has 0 fully saturated rings. The van der Waals surface area contributed by atoms with Crippen LogP contribution in [-0.4, -0.2) is 11.0 Å². The second kappa shape index (κ2) is 6.51. The van der Waals surface area contributed by atoms with Crippen LogP contribution in [0.3, 0.4) is 0 Å². The highest BCUT2D eigenvalue weighted by atomic mass is 35.5. The smallest absolute Gasteiger partial charge is 0.253 e. The van der Waals surface area contributed by atoms with Gasteiger partial charge in [0.25, 0.3) is 5.24 Å². The second-order valence-electron chi connectivity index (χ2n) is 4.07. The number of carbonyl (C=O) groups excluding carboxylic acids is 2. The Morgan fingerprint density at radius 3 is 2.35 bits per heavy atom. The number of allylic oxidation sites excluding steroid dienone is 1. The molecule has 0 atom stereocenters. The lowest BCUT2D eigenvalue weighted by Gasteiger charge is -2.01. The van der Waals surface area contributed by atoms with Crippen molar-refractivity contribution in [1.29, 1.82) is 0 Å². The summed E-state index contributed by atoms with van der Waals surface area (Å²) in [5.74, 6) is -0.145. The van der Waals surface area contributed by atoms with Crippen molar-refractivity contribution in [2.45, 2.75) is 0 Å². The maximum absolute atomic E-state index is 11.9. The molecule has 2 aromatic rings. The van der Waals surface area contributed by atoms with Gasteiger partial charge in [-0.25, -0.2) is 0 Å². The van der Waals surface area contributed by atoms with E-state index in [1.807, 2.05) is 6.07 Å². The van der Waals surface area contributed by atoms with E-state index in [-0.39, 0.29) is 11.3 Å². The van der Waals surface area contributed by atoms with Crippen molar-refractivity contribution in [1.82, 2.24) is 0 Å². The van der Waals surface area contributed by atoms with Crippen LogP contribution in [0.15, 0.2) is 54.6 Å². The quantitative estimate of drug-likeness (QED) is 0.469. The fourth-order valence-electron chi connectivity index (χ4n) is 1.71. The topological polar surface area (TPSA) is 34.1 Å². The van der Waals surface area contributed by atoms with E-state index in [1.54, 1.807) is 42.5 Å². The molecule has 0 spiro atoms. The molecule has 0 unspecified atom stereocenters. The zero-order chi connectivity index (χ0) is 14.5. The van der Waals surface area contributed by atoms with E-state index in [2.05, 4.69) is 0 Å². The van der Waals surface area contributed by atoms with Crippen LogP contribution >= 0.6 is 23.2 Å². The van der Waals surface area contributed by atoms with E-state index in [0.717, 1.165) is 0 Å². The lowest BCUT2D eigenvalue weighted by atomic mass is 10.1. The minimum Gasteiger partial charge on any atom is -0.289 e. The summed E-state index contributed by atoms with van der Waals surface area (Å²) in [5.41, 5.74) is 1.41. The van der Waals surface area contributed by atoms with Crippen molar-refractivity contribution in [2.24, 2.45) is 0 Å². The van der Waals surface area contributed by atoms with Crippen LogP contribution in [0.4, 0.5) is 0 Å². The van der Waals surface area contributed by atoms with Crippen molar-refractivity contribution in [3.05, 3.63) is 76.3 Å². The van der Waals surface area contributed by atoms with Crippen LogP contribution in [0.2, 0.25) is 5.02 Å². The molecule has 0 N–H and O–H groups in total. The van der Waals surface area contributed by atoms with E-state index >= 15 is 0 Å². The Morgan fingerprint density at radius 1 is 1.00 bits per heavy atom. The number of hydrogen-bond acceptors (Lipinski definition) is 2. The first kappa shape index (κ1) is 14.5. The molecule has 0 heterocycles. The maximum Gasteiger partial charge on any atom is 0.253 e. The monoisotopic (exact) mass is 304 g/mol. The molecule has 0 aliphatic carbocycles. The van der Waals surface area contributed by atoms with Gasteiger partial charge in [0, 0.05) is 16.1 Å². The molecular weight excluding hydrogens is 295 g/mol. The number of ketones is 1. The van der Waals surface area contributed by atoms with Crippen molar-refractivity contribution >= 4 is 40.3 Å². The normalized spacial score (nSPS) is 10.7. The van der Waals surface area contributed by atoms with Gasteiger partial charge in [0.15, 0.2) is 5.78 Å². The van der Waals surface area contributed by atoms with Gasteiger partial charge in [-0.1, -0.05) is 54.1 Å². The van der Waals surface area contributed by atoms with Crippen molar-refractivity contribution in [3.63, 3.8) is 0 Å². The van der Waals surface area contributed by atoms with Crippen molar-refractivity contribution in [2.75, 3.05) is 0 Å². The first-order valence-electron chi connectivity index (χ1n) is 5.85. The largest absolute Gasteiger partial charge is 0.289 e. The van der Waals surface area contributed by atoms with Crippen LogP contribution in [-0.2, 0) is 0 Å². The summed E-state index contributed by atoms with van der Waals surface area (Å²) in [7, 11) is 0. The molecule has 0 radical (unpaired) electrons. The van der Waals surface area contributed by atoms with Crippen molar-refractivity contribution < 1.29 is 9.59 Å². The zero-order valence-electron chi connectivity index (χ0n) is 10.3.